The Morgan fingerprint density at radius 3 is 2.47 bits per heavy atom. The van der Waals surface area contributed by atoms with Crippen molar-refractivity contribution < 1.29 is 9.53 Å². The average Bonchev–Trinajstić information content (AvgIpc) is 3.04. The molecular formula is C21H17ClN4O4. The number of fused-ring (bicyclic) bond motifs is 1. The van der Waals surface area contributed by atoms with Crippen LogP contribution in [0.1, 0.15) is 11.3 Å². The Hall–Kier alpha value is -3.65. The predicted octanol–water partition coefficient (Wildman–Crippen LogP) is 2.58. The maximum atomic E-state index is 12.5. The summed E-state index contributed by atoms with van der Waals surface area (Å²) in [7, 11) is 0. The molecule has 8 nitrogen and oxygen atoms in total. The van der Waals surface area contributed by atoms with Gasteiger partial charge in [0.15, 0.2) is 0 Å². The third kappa shape index (κ3) is 3.65. The Labute approximate surface area is 175 Å². The van der Waals surface area contributed by atoms with Crippen molar-refractivity contribution in [2.45, 2.75) is 20.1 Å². The number of nitrogens with one attached hydrogen (secondary N) is 1. The molecule has 0 aliphatic rings. The second-order valence-corrected chi connectivity index (χ2v) is 7.00. The van der Waals surface area contributed by atoms with Crippen molar-refractivity contribution >= 4 is 28.3 Å². The van der Waals surface area contributed by atoms with Gasteiger partial charge in [-0.05, 0) is 31.2 Å². The van der Waals surface area contributed by atoms with Crippen molar-refractivity contribution in [3.05, 3.63) is 91.7 Å². The molecule has 2 aromatic carbocycles. The van der Waals surface area contributed by atoms with Crippen molar-refractivity contribution in [3.8, 4) is 5.69 Å². The van der Waals surface area contributed by atoms with Crippen molar-refractivity contribution in [2.24, 2.45) is 0 Å². The van der Waals surface area contributed by atoms with Crippen molar-refractivity contribution in [1.82, 2.24) is 19.6 Å². The quantitative estimate of drug-likeness (QED) is 0.496. The third-order valence-corrected chi connectivity index (χ3v) is 5.06. The maximum absolute atomic E-state index is 12.5. The van der Waals surface area contributed by atoms with E-state index in [1.54, 1.807) is 29.8 Å². The van der Waals surface area contributed by atoms with E-state index in [9.17, 15) is 14.4 Å². The molecule has 0 amide bonds. The van der Waals surface area contributed by atoms with Crippen LogP contribution in [0.2, 0.25) is 5.15 Å². The van der Waals surface area contributed by atoms with Crippen LogP contribution in [0.25, 0.3) is 16.5 Å². The first-order valence-electron chi connectivity index (χ1n) is 9.12. The number of halogens is 1. The van der Waals surface area contributed by atoms with Crippen LogP contribution in [-0.2, 0) is 22.7 Å². The molecule has 0 spiro atoms. The SMILES string of the molecule is Cc1nn(-c2ccccc2)c(Cl)c1COC(=O)Cn1[nH]c(=O)c2ccccc2c1=O. The van der Waals surface area contributed by atoms with Gasteiger partial charge in [0.2, 0.25) is 0 Å². The minimum atomic E-state index is -0.689. The predicted molar refractivity (Wildman–Crippen MR) is 112 cm³/mol. The number of H-pyrrole nitrogens is 1. The molecule has 4 rings (SSSR count). The van der Waals surface area contributed by atoms with Gasteiger partial charge in [-0.25, -0.2) is 9.36 Å². The first kappa shape index (κ1) is 19.7. The number of hydrogen-bond acceptors (Lipinski definition) is 5. The van der Waals surface area contributed by atoms with Gasteiger partial charge < -0.3 is 4.74 Å². The lowest BCUT2D eigenvalue weighted by atomic mass is 10.2. The Morgan fingerprint density at radius 2 is 1.73 bits per heavy atom. The van der Waals surface area contributed by atoms with Gasteiger partial charge in [0.25, 0.3) is 11.1 Å². The van der Waals surface area contributed by atoms with E-state index in [2.05, 4.69) is 10.2 Å². The second-order valence-electron chi connectivity index (χ2n) is 6.64. The second kappa shape index (κ2) is 8.00. The van der Waals surface area contributed by atoms with Crippen LogP contribution in [0.4, 0.5) is 0 Å². The summed E-state index contributed by atoms with van der Waals surface area (Å²) >= 11 is 6.43. The number of ether oxygens (including phenoxy) is 1. The van der Waals surface area contributed by atoms with Crippen LogP contribution < -0.4 is 11.1 Å². The van der Waals surface area contributed by atoms with E-state index in [1.165, 1.54) is 6.07 Å². The monoisotopic (exact) mass is 424 g/mol. The van der Waals surface area contributed by atoms with Gasteiger partial charge >= 0.3 is 5.97 Å². The van der Waals surface area contributed by atoms with E-state index in [-0.39, 0.29) is 17.4 Å². The minimum Gasteiger partial charge on any atom is -0.459 e. The van der Waals surface area contributed by atoms with Crippen LogP contribution in [-0.4, -0.2) is 25.5 Å². The van der Waals surface area contributed by atoms with Crippen LogP contribution in [0, 0.1) is 6.92 Å². The molecule has 0 unspecified atom stereocenters. The third-order valence-electron chi connectivity index (χ3n) is 4.67. The first-order chi connectivity index (χ1) is 14.5. The molecular weight excluding hydrogens is 408 g/mol. The number of carbonyl (C=O) groups is 1. The Morgan fingerprint density at radius 1 is 1.07 bits per heavy atom. The lowest BCUT2D eigenvalue weighted by Gasteiger charge is -2.08. The van der Waals surface area contributed by atoms with Crippen molar-refractivity contribution in [2.75, 3.05) is 0 Å². The number of nitrogens with zero attached hydrogens (tertiary/aromatic N) is 3. The summed E-state index contributed by atoms with van der Waals surface area (Å²) in [6.07, 6.45) is 0. The van der Waals surface area contributed by atoms with Crippen LogP contribution in [0.15, 0.2) is 64.2 Å². The molecule has 30 heavy (non-hydrogen) atoms. The average molecular weight is 425 g/mol. The van der Waals surface area contributed by atoms with Crippen LogP contribution in [0.3, 0.4) is 0 Å². The zero-order chi connectivity index (χ0) is 21.3. The fourth-order valence-corrected chi connectivity index (χ4v) is 3.45. The van der Waals surface area contributed by atoms with Gasteiger partial charge in [-0.2, -0.15) is 5.10 Å². The molecule has 0 radical (unpaired) electrons. The summed E-state index contributed by atoms with van der Waals surface area (Å²) in [6.45, 7) is 1.23. The fourth-order valence-electron chi connectivity index (χ4n) is 3.12. The Balaban J connectivity index is 1.52. The number of carbonyl (C=O) groups excluding carboxylic acids is 1. The number of rotatable bonds is 5. The fraction of sp³-hybridized carbons (Fsp3) is 0.143. The van der Waals surface area contributed by atoms with Crippen LogP contribution in [0.5, 0.6) is 0 Å². The van der Waals surface area contributed by atoms with E-state index in [1.807, 2.05) is 30.3 Å². The highest BCUT2D eigenvalue weighted by Crippen LogP contribution is 2.24. The largest absolute Gasteiger partial charge is 0.459 e. The number of hydrogen-bond donors (Lipinski definition) is 1. The van der Waals surface area contributed by atoms with Gasteiger partial charge in [0.1, 0.15) is 18.3 Å². The summed E-state index contributed by atoms with van der Waals surface area (Å²) in [5.41, 5.74) is 1.03. The molecule has 0 fully saturated rings. The molecule has 0 aliphatic carbocycles. The summed E-state index contributed by atoms with van der Waals surface area (Å²) in [5, 5.41) is 7.63. The number of benzene rings is 2. The highest BCUT2D eigenvalue weighted by atomic mass is 35.5. The van der Waals surface area contributed by atoms with E-state index >= 15 is 0 Å². The molecule has 2 heterocycles. The standard InChI is InChI=1S/C21H17ClN4O4/c1-13-17(19(22)26(23-13)14-7-3-2-4-8-14)12-30-18(27)11-25-21(29)16-10-6-5-9-15(16)20(28)24-25/h2-10H,11-12H2,1H3,(H,24,28). The lowest BCUT2D eigenvalue weighted by Crippen LogP contribution is -2.32. The van der Waals surface area contributed by atoms with Crippen molar-refractivity contribution in [1.29, 1.82) is 0 Å². The van der Waals surface area contributed by atoms with E-state index < -0.39 is 23.6 Å². The number of aryl methyl sites for hydroxylation is 1. The van der Waals surface area contributed by atoms with Gasteiger partial charge in [0.05, 0.1) is 22.2 Å². The van der Waals surface area contributed by atoms with Crippen molar-refractivity contribution in [3.63, 3.8) is 0 Å². The number of para-hydroxylation sites is 1. The maximum Gasteiger partial charge on any atom is 0.328 e. The molecule has 0 bridgehead atoms. The van der Waals surface area contributed by atoms with Gasteiger partial charge in [0, 0.05) is 5.56 Å². The normalized spacial score (nSPS) is 11.0. The summed E-state index contributed by atoms with van der Waals surface area (Å²) < 4.78 is 7.79. The zero-order valence-electron chi connectivity index (χ0n) is 16.0. The number of aromatic amines is 1. The number of aromatic nitrogens is 4. The molecule has 0 aliphatic heterocycles. The van der Waals surface area contributed by atoms with Gasteiger partial charge in [-0.15, -0.1) is 0 Å². The highest BCUT2D eigenvalue weighted by Gasteiger charge is 2.17. The topological polar surface area (TPSA) is 99.0 Å². The molecule has 0 saturated heterocycles. The molecule has 0 saturated carbocycles. The van der Waals surface area contributed by atoms with Gasteiger partial charge in [-0.1, -0.05) is 41.9 Å². The molecule has 152 valence electrons. The summed E-state index contributed by atoms with van der Waals surface area (Å²) in [6, 6.07) is 15.7. The van der Waals surface area contributed by atoms with Crippen LogP contribution >= 0.6 is 11.6 Å². The van der Waals surface area contributed by atoms with E-state index in [4.69, 9.17) is 16.3 Å². The highest BCUT2D eigenvalue weighted by molar-refractivity contribution is 6.30. The first-order valence-corrected chi connectivity index (χ1v) is 9.50. The summed E-state index contributed by atoms with van der Waals surface area (Å²) in [5.74, 6) is -0.689. The molecule has 9 heteroatoms. The van der Waals surface area contributed by atoms with E-state index in [0.717, 1.165) is 10.4 Å². The van der Waals surface area contributed by atoms with E-state index in [0.29, 0.717) is 16.4 Å². The Kier molecular flexibility index (Phi) is 5.24. The Bertz CT molecular complexity index is 1360. The molecule has 2 aromatic heterocycles. The lowest BCUT2D eigenvalue weighted by molar-refractivity contribution is -0.146. The van der Waals surface area contributed by atoms with Gasteiger partial charge in [-0.3, -0.25) is 19.5 Å². The molecule has 4 aromatic rings. The minimum absolute atomic E-state index is 0.108. The number of esters is 1. The zero-order valence-corrected chi connectivity index (χ0v) is 16.7. The molecule has 1 N–H and O–H groups in total. The summed E-state index contributed by atoms with van der Waals surface area (Å²) in [4.78, 5) is 37.0. The smallest absolute Gasteiger partial charge is 0.328 e. The molecule has 0 atom stereocenters.